The van der Waals surface area contributed by atoms with Crippen molar-refractivity contribution < 1.29 is 17.9 Å². The summed E-state index contributed by atoms with van der Waals surface area (Å²) < 4.78 is 29.4. The predicted octanol–water partition coefficient (Wildman–Crippen LogP) is 3.93. The van der Waals surface area contributed by atoms with Crippen molar-refractivity contribution in [3.8, 4) is 5.75 Å². The van der Waals surface area contributed by atoms with Crippen molar-refractivity contribution in [1.29, 1.82) is 0 Å². The Balaban J connectivity index is 1.56. The molecule has 3 rings (SSSR count). The van der Waals surface area contributed by atoms with Crippen LogP contribution < -0.4 is 4.74 Å². The van der Waals surface area contributed by atoms with E-state index in [4.69, 9.17) is 4.74 Å². The van der Waals surface area contributed by atoms with Crippen LogP contribution in [0.5, 0.6) is 5.75 Å². The van der Waals surface area contributed by atoms with Crippen molar-refractivity contribution in [2.75, 3.05) is 24.7 Å². The Hall–Kier alpha value is -1.56. The molecule has 1 saturated heterocycles. The second kappa shape index (κ2) is 9.77. The molecule has 1 saturated carbocycles. The fourth-order valence-electron chi connectivity index (χ4n) is 4.36. The molecule has 156 valence electrons. The number of ether oxygens (including phenoxy) is 1. The van der Waals surface area contributed by atoms with E-state index in [1.807, 2.05) is 12.1 Å². The van der Waals surface area contributed by atoms with Gasteiger partial charge in [-0.15, -0.1) is 0 Å². The van der Waals surface area contributed by atoms with Gasteiger partial charge < -0.3 is 9.64 Å². The molecule has 2 aliphatic rings. The Morgan fingerprint density at radius 1 is 1.11 bits per heavy atom. The molecule has 1 aliphatic carbocycles. The number of benzene rings is 1. The number of hydrogen-bond acceptors (Lipinski definition) is 4. The lowest BCUT2D eigenvalue weighted by molar-refractivity contribution is -0.135. The third-order valence-electron chi connectivity index (χ3n) is 6.04. The molecule has 1 amide bonds. The van der Waals surface area contributed by atoms with E-state index in [0.29, 0.717) is 24.6 Å². The van der Waals surface area contributed by atoms with Gasteiger partial charge in [0.2, 0.25) is 0 Å². The molecule has 0 unspecified atom stereocenters. The average molecular weight is 408 g/mol. The van der Waals surface area contributed by atoms with Crippen LogP contribution in [0.15, 0.2) is 24.3 Å². The van der Waals surface area contributed by atoms with Gasteiger partial charge in [-0.05, 0) is 49.3 Å². The normalized spacial score (nSPS) is 22.1. The highest BCUT2D eigenvalue weighted by Gasteiger charge is 2.34. The first kappa shape index (κ1) is 21.2. The SMILES string of the molecule is CCCCN(C(=O)COc1ccc(C2CCCCC2)cc1)[C@@H]1CCS(=O)(=O)C1. The number of rotatable bonds is 8. The number of amides is 1. The summed E-state index contributed by atoms with van der Waals surface area (Å²) in [7, 11) is -3.02. The first-order valence-electron chi connectivity index (χ1n) is 10.7. The smallest absolute Gasteiger partial charge is 0.260 e. The second-order valence-corrected chi connectivity index (χ2v) is 10.4. The van der Waals surface area contributed by atoms with Gasteiger partial charge in [-0.1, -0.05) is 44.7 Å². The van der Waals surface area contributed by atoms with E-state index in [0.717, 1.165) is 12.8 Å². The third-order valence-corrected chi connectivity index (χ3v) is 7.79. The van der Waals surface area contributed by atoms with Crippen molar-refractivity contribution in [3.05, 3.63) is 29.8 Å². The maximum absolute atomic E-state index is 12.7. The van der Waals surface area contributed by atoms with Crippen LogP contribution in [-0.4, -0.2) is 49.9 Å². The Bertz CT molecular complexity index is 738. The van der Waals surface area contributed by atoms with Crippen LogP contribution in [0.1, 0.15) is 69.8 Å². The molecule has 0 aromatic heterocycles. The summed E-state index contributed by atoms with van der Waals surface area (Å²) in [6.45, 7) is 2.63. The van der Waals surface area contributed by atoms with Gasteiger partial charge in [0.25, 0.3) is 5.91 Å². The molecular formula is C22H33NO4S. The van der Waals surface area contributed by atoms with Gasteiger partial charge in [0.05, 0.1) is 11.5 Å². The Kier molecular flexibility index (Phi) is 7.38. The monoisotopic (exact) mass is 407 g/mol. The van der Waals surface area contributed by atoms with Crippen molar-refractivity contribution in [2.24, 2.45) is 0 Å². The van der Waals surface area contributed by atoms with Gasteiger partial charge in [-0.3, -0.25) is 4.79 Å². The zero-order valence-electron chi connectivity index (χ0n) is 16.9. The van der Waals surface area contributed by atoms with E-state index in [9.17, 15) is 13.2 Å². The summed E-state index contributed by atoms with van der Waals surface area (Å²) >= 11 is 0. The van der Waals surface area contributed by atoms with Crippen LogP contribution in [0.25, 0.3) is 0 Å². The maximum Gasteiger partial charge on any atom is 0.260 e. The Labute approximate surface area is 169 Å². The minimum absolute atomic E-state index is 0.0387. The summed E-state index contributed by atoms with van der Waals surface area (Å²) in [5, 5.41) is 0. The van der Waals surface area contributed by atoms with Crippen molar-refractivity contribution >= 4 is 15.7 Å². The predicted molar refractivity (Wildman–Crippen MR) is 111 cm³/mol. The second-order valence-electron chi connectivity index (χ2n) is 8.19. The van der Waals surface area contributed by atoms with Gasteiger partial charge in [-0.2, -0.15) is 0 Å². The molecule has 0 spiro atoms. The summed E-state index contributed by atoms with van der Waals surface area (Å²) in [6.07, 6.45) is 8.85. The van der Waals surface area contributed by atoms with Gasteiger partial charge in [0.15, 0.2) is 16.4 Å². The van der Waals surface area contributed by atoms with Crippen LogP contribution in [0.2, 0.25) is 0 Å². The summed E-state index contributed by atoms with van der Waals surface area (Å²) in [5.74, 6) is 1.49. The summed E-state index contributed by atoms with van der Waals surface area (Å²) in [5.41, 5.74) is 1.36. The van der Waals surface area contributed by atoms with Crippen molar-refractivity contribution in [2.45, 2.75) is 70.3 Å². The average Bonchev–Trinajstić information content (AvgIpc) is 3.07. The summed E-state index contributed by atoms with van der Waals surface area (Å²) in [4.78, 5) is 14.5. The van der Waals surface area contributed by atoms with Crippen molar-refractivity contribution in [1.82, 2.24) is 4.90 Å². The van der Waals surface area contributed by atoms with E-state index in [2.05, 4.69) is 19.1 Å². The van der Waals surface area contributed by atoms with Crippen molar-refractivity contribution in [3.63, 3.8) is 0 Å². The van der Waals surface area contributed by atoms with E-state index in [-0.39, 0.29) is 30.1 Å². The van der Waals surface area contributed by atoms with Crippen LogP contribution >= 0.6 is 0 Å². The molecule has 1 aromatic rings. The lowest BCUT2D eigenvalue weighted by atomic mass is 9.84. The van der Waals surface area contributed by atoms with Crippen LogP contribution in [0, 0.1) is 0 Å². The highest BCUT2D eigenvalue weighted by Crippen LogP contribution is 2.33. The van der Waals surface area contributed by atoms with Gasteiger partial charge in [-0.25, -0.2) is 8.42 Å². The summed E-state index contributed by atoms with van der Waals surface area (Å²) in [6, 6.07) is 7.94. The van der Waals surface area contributed by atoms with E-state index < -0.39 is 9.84 Å². The Morgan fingerprint density at radius 3 is 2.43 bits per heavy atom. The fourth-order valence-corrected chi connectivity index (χ4v) is 6.09. The number of carbonyl (C=O) groups is 1. The molecule has 1 aliphatic heterocycles. The van der Waals surface area contributed by atoms with Crippen LogP contribution in [0.4, 0.5) is 0 Å². The standard InChI is InChI=1S/C22H33NO4S/c1-2-3-14-23(20-13-15-28(25,26)17-20)22(24)16-27-21-11-9-19(10-12-21)18-7-5-4-6-8-18/h9-12,18,20H,2-8,13-17H2,1H3/t20-/m1/s1. The number of sulfone groups is 1. The lowest BCUT2D eigenvalue weighted by Crippen LogP contribution is -2.44. The molecule has 1 atom stereocenters. The van der Waals surface area contributed by atoms with Gasteiger partial charge >= 0.3 is 0 Å². The minimum Gasteiger partial charge on any atom is -0.484 e. The molecule has 0 radical (unpaired) electrons. The first-order chi connectivity index (χ1) is 13.5. The lowest BCUT2D eigenvalue weighted by Gasteiger charge is -2.28. The number of nitrogens with zero attached hydrogens (tertiary/aromatic N) is 1. The molecule has 1 heterocycles. The highest BCUT2D eigenvalue weighted by molar-refractivity contribution is 7.91. The Morgan fingerprint density at radius 2 is 1.82 bits per heavy atom. The minimum atomic E-state index is -3.02. The fraction of sp³-hybridized carbons (Fsp3) is 0.682. The molecular weight excluding hydrogens is 374 g/mol. The molecule has 1 aromatic carbocycles. The molecule has 28 heavy (non-hydrogen) atoms. The third kappa shape index (κ3) is 5.72. The van der Waals surface area contributed by atoms with Gasteiger partial charge in [0.1, 0.15) is 5.75 Å². The molecule has 6 heteroatoms. The molecule has 0 N–H and O–H groups in total. The first-order valence-corrected chi connectivity index (χ1v) is 12.5. The topological polar surface area (TPSA) is 63.7 Å². The molecule has 0 bridgehead atoms. The van der Waals surface area contributed by atoms with Crippen LogP contribution in [0.3, 0.4) is 0 Å². The molecule has 2 fully saturated rings. The quantitative estimate of drug-likeness (QED) is 0.655. The van der Waals surface area contributed by atoms with E-state index in [1.165, 1.54) is 37.7 Å². The molecule has 5 nitrogen and oxygen atoms in total. The van der Waals surface area contributed by atoms with Gasteiger partial charge in [0, 0.05) is 12.6 Å². The highest BCUT2D eigenvalue weighted by atomic mass is 32.2. The van der Waals surface area contributed by atoms with Crippen LogP contribution in [-0.2, 0) is 14.6 Å². The maximum atomic E-state index is 12.7. The number of hydrogen-bond donors (Lipinski definition) is 0. The number of carbonyl (C=O) groups excluding carboxylic acids is 1. The van der Waals surface area contributed by atoms with E-state index in [1.54, 1.807) is 4.90 Å². The largest absolute Gasteiger partial charge is 0.484 e. The zero-order chi connectivity index (χ0) is 20.0. The number of unbranched alkanes of at least 4 members (excludes halogenated alkanes) is 1. The van der Waals surface area contributed by atoms with E-state index >= 15 is 0 Å². The zero-order valence-corrected chi connectivity index (χ0v) is 17.8.